The quantitative estimate of drug-likeness (QED) is 0.658. The second kappa shape index (κ2) is 6.25. The summed E-state index contributed by atoms with van der Waals surface area (Å²) in [4.78, 5) is 23.1. The van der Waals surface area contributed by atoms with Crippen LogP contribution in [0.5, 0.6) is 0 Å². The summed E-state index contributed by atoms with van der Waals surface area (Å²) in [5.41, 5.74) is 13.8. The van der Waals surface area contributed by atoms with Gasteiger partial charge in [0.2, 0.25) is 5.95 Å². The van der Waals surface area contributed by atoms with Crippen molar-refractivity contribution in [1.29, 1.82) is 5.26 Å². The number of carboxylic acids is 1. The Morgan fingerprint density at radius 1 is 1.08 bits per heavy atom. The van der Waals surface area contributed by atoms with E-state index in [4.69, 9.17) is 16.6 Å². The molecule has 0 aliphatic rings. The van der Waals surface area contributed by atoms with Crippen molar-refractivity contribution in [2.24, 2.45) is 0 Å². The number of benzene rings is 1. The highest BCUT2D eigenvalue weighted by Gasteiger charge is 2.13. The van der Waals surface area contributed by atoms with Crippen LogP contribution in [0.2, 0.25) is 0 Å². The highest BCUT2D eigenvalue weighted by Crippen LogP contribution is 2.27. The Kier molecular flexibility index (Phi) is 3.97. The van der Waals surface area contributed by atoms with E-state index in [-0.39, 0.29) is 22.9 Å². The van der Waals surface area contributed by atoms with Crippen LogP contribution in [-0.4, -0.2) is 26.0 Å². The summed E-state index contributed by atoms with van der Waals surface area (Å²) in [5, 5.41) is 18.3. The molecule has 0 radical (unpaired) electrons. The molecule has 0 atom stereocenters. The predicted octanol–water partition coefficient (Wildman–Crippen LogP) is 1.94. The number of nitrogens with zero attached hydrogens (tertiary/aromatic N) is 4. The van der Waals surface area contributed by atoms with E-state index in [1.54, 1.807) is 24.3 Å². The van der Waals surface area contributed by atoms with E-state index < -0.39 is 5.97 Å². The number of nitrogens with two attached hydrogens (primary N) is 2. The molecule has 0 unspecified atom stereocenters. The van der Waals surface area contributed by atoms with E-state index in [1.807, 2.05) is 6.07 Å². The van der Waals surface area contributed by atoms with Gasteiger partial charge in [-0.05, 0) is 12.1 Å². The van der Waals surface area contributed by atoms with Gasteiger partial charge in [0, 0.05) is 17.3 Å². The third-order valence-electron chi connectivity index (χ3n) is 3.53. The number of carbonyl (C=O) groups is 1. The summed E-state index contributed by atoms with van der Waals surface area (Å²) in [5.74, 6) is -1.03. The molecule has 0 fully saturated rings. The standard InChI is InChI=1S/C17H12N6O2/c18-8-12-14(22-17(20)23-15(12)19)10-3-1-9(2-4-10)13-7-11(16(24)25)5-6-21-13/h1-7H,(H,24,25)(H4,19,20,22,23). The average Bonchev–Trinajstić information content (AvgIpc) is 2.61. The Labute approximate surface area is 142 Å². The van der Waals surface area contributed by atoms with Crippen LogP contribution in [0.15, 0.2) is 42.6 Å². The molecule has 1 aromatic carbocycles. The highest BCUT2D eigenvalue weighted by atomic mass is 16.4. The van der Waals surface area contributed by atoms with Gasteiger partial charge >= 0.3 is 5.97 Å². The molecule has 0 aliphatic heterocycles. The molecule has 0 saturated heterocycles. The molecule has 0 aliphatic carbocycles. The second-order valence-corrected chi connectivity index (χ2v) is 5.11. The Morgan fingerprint density at radius 2 is 1.76 bits per heavy atom. The van der Waals surface area contributed by atoms with Gasteiger partial charge in [-0.15, -0.1) is 0 Å². The molecular weight excluding hydrogens is 320 g/mol. The van der Waals surface area contributed by atoms with Crippen LogP contribution in [0.4, 0.5) is 11.8 Å². The lowest BCUT2D eigenvalue weighted by molar-refractivity contribution is 0.0697. The lowest BCUT2D eigenvalue weighted by Crippen LogP contribution is -2.04. The van der Waals surface area contributed by atoms with E-state index in [1.165, 1.54) is 18.3 Å². The zero-order valence-electron chi connectivity index (χ0n) is 12.8. The molecule has 0 amide bonds. The lowest BCUT2D eigenvalue weighted by atomic mass is 10.0. The highest BCUT2D eigenvalue weighted by molar-refractivity contribution is 5.88. The monoisotopic (exact) mass is 332 g/mol. The summed E-state index contributed by atoms with van der Waals surface area (Å²) in [6.45, 7) is 0. The van der Waals surface area contributed by atoms with Gasteiger partial charge in [0.25, 0.3) is 0 Å². The molecule has 3 rings (SSSR count). The maximum absolute atomic E-state index is 11.1. The fourth-order valence-electron chi connectivity index (χ4n) is 2.34. The fraction of sp³-hybridized carbons (Fsp3) is 0. The SMILES string of the molecule is N#Cc1c(N)nc(N)nc1-c1ccc(-c2cc(C(=O)O)ccn2)cc1. The van der Waals surface area contributed by atoms with Gasteiger partial charge in [-0.2, -0.15) is 10.2 Å². The summed E-state index contributed by atoms with van der Waals surface area (Å²) >= 11 is 0. The van der Waals surface area contributed by atoms with E-state index in [2.05, 4.69) is 15.0 Å². The van der Waals surface area contributed by atoms with Gasteiger partial charge in [0.1, 0.15) is 17.5 Å². The number of anilines is 2. The number of hydrogen-bond donors (Lipinski definition) is 3. The van der Waals surface area contributed by atoms with Gasteiger partial charge in [0.15, 0.2) is 0 Å². The van der Waals surface area contributed by atoms with Gasteiger partial charge in [-0.25, -0.2) is 9.78 Å². The molecule has 0 saturated carbocycles. The lowest BCUT2D eigenvalue weighted by Gasteiger charge is -2.08. The number of hydrogen-bond acceptors (Lipinski definition) is 7. The minimum absolute atomic E-state index is 0.0184. The van der Waals surface area contributed by atoms with E-state index in [0.717, 1.165) is 5.56 Å². The molecule has 25 heavy (non-hydrogen) atoms. The zero-order valence-corrected chi connectivity index (χ0v) is 12.8. The molecule has 3 aromatic rings. The van der Waals surface area contributed by atoms with Gasteiger partial charge in [-0.3, -0.25) is 4.98 Å². The molecule has 8 heteroatoms. The Bertz CT molecular complexity index is 1010. The molecule has 122 valence electrons. The Hall–Kier alpha value is -3.99. The van der Waals surface area contributed by atoms with Crippen LogP contribution in [-0.2, 0) is 0 Å². The number of nitrogen functional groups attached to an aromatic ring is 2. The van der Waals surface area contributed by atoms with Crippen molar-refractivity contribution in [2.45, 2.75) is 0 Å². The molecule has 2 heterocycles. The van der Waals surface area contributed by atoms with Crippen LogP contribution in [0.25, 0.3) is 22.5 Å². The van der Waals surface area contributed by atoms with Crippen molar-refractivity contribution in [2.75, 3.05) is 11.5 Å². The Morgan fingerprint density at radius 3 is 2.40 bits per heavy atom. The minimum Gasteiger partial charge on any atom is -0.478 e. The number of aromatic carboxylic acids is 1. The zero-order chi connectivity index (χ0) is 18.0. The Balaban J connectivity index is 2.03. The van der Waals surface area contributed by atoms with Crippen LogP contribution in [0.1, 0.15) is 15.9 Å². The smallest absolute Gasteiger partial charge is 0.335 e. The first kappa shape index (κ1) is 15.9. The van der Waals surface area contributed by atoms with E-state index in [0.29, 0.717) is 17.0 Å². The number of rotatable bonds is 3. The number of pyridine rings is 1. The van der Waals surface area contributed by atoms with Crippen molar-refractivity contribution in [3.8, 4) is 28.6 Å². The first-order valence-electron chi connectivity index (χ1n) is 7.13. The largest absolute Gasteiger partial charge is 0.478 e. The second-order valence-electron chi connectivity index (χ2n) is 5.11. The molecule has 0 spiro atoms. The van der Waals surface area contributed by atoms with Crippen LogP contribution in [0.3, 0.4) is 0 Å². The van der Waals surface area contributed by atoms with Gasteiger partial charge < -0.3 is 16.6 Å². The van der Waals surface area contributed by atoms with Gasteiger partial charge in [-0.1, -0.05) is 24.3 Å². The first-order chi connectivity index (χ1) is 12.0. The third kappa shape index (κ3) is 3.07. The molecular formula is C17H12N6O2. The molecule has 8 nitrogen and oxygen atoms in total. The van der Waals surface area contributed by atoms with Crippen molar-refractivity contribution < 1.29 is 9.90 Å². The predicted molar refractivity (Wildman–Crippen MR) is 91.2 cm³/mol. The fourth-order valence-corrected chi connectivity index (χ4v) is 2.34. The summed E-state index contributed by atoms with van der Waals surface area (Å²) in [6, 6.07) is 11.8. The van der Waals surface area contributed by atoms with Gasteiger partial charge in [0.05, 0.1) is 17.0 Å². The summed E-state index contributed by atoms with van der Waals surface area (Å²) in [6.07, 6.45) is 1.44. The van der Waals surface area contributed by atoms with Crippen molar-refractivity contribution in [3.63, 3.8) is 0 Å². The van der Waals surface area contributed by atoms with Crippen molar-refractivity contribution in [1.82, 2.24) is 15.0 Å². The topological polar surface area (TPSA) is 152 Å². The average molecular weight is 332 g/mol. The number of carboxylic acid groups (broad SMARTS) is 1. The van der Waals surface area contributed by atoms with Crippen LogP contribution >= 0.6 is 0 Å². The van der Waals surface area contributed by atoms with E-state index in [9.17, 15) is 10.1 Å². The van der Waals surface area contributed by atoms with Crippen LogP contribution < -0.4 is 11.5 Å². The number of nitriles is 1. The van der Waals surface area contributed by atoms with Crippen LogP contribution in [0, 0.1) is 11.3 Å². The number of aromatic nitrogens is 3. The normalized spacial score (nSPS) is 10.2. The third-order valence-corrected chi connectivity index (χ3v) is 3.53. The van der Waals surface area contributed by atoms with Crippen molar-refractivity contribution >= 4 is 17.7 Å². The maximum atomic E-state index is 11.1. The molecule has 5 N–H and O–H groups in total. The summed E-state index contributed by atoms with van der Waals surface area (Å²) < 4.78 is 0. The van der Waals surface area contributed by atoms with Crippen molar-refractivity contribution in [3.05, 3.63) is 53.7 Å². The maximum Gasteiger partial charge on any atom is 0.335 e. The summed E-state index contributed by atoms with van der Waals surface area (Å²) in [7, 11) is 0. The minimum atomic E-state index is -1.02. The van der Waals surface area contributed by atoms with E-state index >= 15 is 0 Å². The molecule has 2 aromatic heterocycles. The molecule has 0 bridgehead atoms. The first-order valence-corrected chi connectivity index (χ1v) is 7.13.